The van der Waals surface area contributed by atoms with Gasteiger partial charge in [0.15, 0.2) is 0 Å². The van der Waals surface area contributed by atoms with Crippen molar-refractivity contribution in [2.45, 2.75) is 13.8 Å². The Kier molecular flexibility index (Phi) is 2.06. The van der Waals surface area contributed by atoms with Gasteiger partial charge < -0.3 is 0 Å². The summed E-state index contributed by atoms with van der Waals surface area (Å²) in [6, 6.07) is 2.01. The van der Waals surface area contributed by atoms with E-state index in [2.05, 4.69) is 9.97 Å². The third-order valence-corrected chi connectivity index (χ3v) is 1.52. The molecule has 1 rings (SSSR count). The fourth-order valence-corrected chi connectivity index (χ4v) is 1.09. The van der Waals surface area contributed by atoms with Crippen molar-refractivity contribution in [2.75, 3.05) is 0 Å². The van der Waals surface area contributed by atoms with Crippen molar-refractivity contribution in [1.82, 2.24) is 9.97 Å². The highest BCUT2D eigenvalue weighted by Crippen LogP contribution is 2.10. The highest BCUT2D eigenvalue weighted by atomic mass is 35.5. The van der Waals surface area contributed by atoms with Gasteiger partial charge in [0.1, 0.15) is 6.07 Å². The lowest BCUT2D eigenvalue weighted by Gasteiger charge is -1.99. The molecule has 0 aliphatic heterocycles. The zero-order valence-electron chi connectivity index (χ0n) is 6.22. The molecule has 1 heterocycles. The Hall–Kier alpha value is -1.14. The molecule has 0 N–H and O–H groups in total. The van der Waals surface area contributed by atoms with Gasteiger partial charge in [-0.2, -0.15) is 5.26 Å². The van der Waals surface area contributed by atoms with E-state index in [1.54, 1.807) is 13.8 Å². The van der Waals surface area contributed by atoms with Crippen LogP contribution in [-0.2, 0) is 0 Å². The summed E-state index contributed by atoms with van der Waals surface area (Å²) in [6.45, 7) is 3.47. The second-order valence-electron chi connectivity index (χ2n) is 2.15. The molecule has 0 spiro atoms. The van der Waals surface area contributed by atoms with Crippen LogP contribution in [0.2, 0.25) is 5.28 Å². The summed E-state index contributed by atoms with van der Waals surface area (Å²) in [5.74, 6) is 0. The molecule has 0 aliphatic rings. The van der Waals surface area contributed by atoms with E-state index in [9.17, 15) is 0 Å². The molecule has 0 atom stereocenters. The first kappa shape index (κ1) is 7.96. The standard InChI is InChI=1S/C7H6ClN3/c1-4-6(3-9)5(2)11-7(8)10-4/h1-2H3. The maximum atomic E-state index is 8.62. The lowest BCUT2D eigenvalue weighted by atomic mass is 10.2. The predicted molar refractivity (Wildman–Crippen MR) is 41.2 cm³/mol. The van der Waals surface area contributed by atoms with Crippen LogP contribution in [0.1, 0.15) is 17.0 Å². The number of hydrogen-bond donors (Lipinski definition) is 0. The van der Waals surface area contributed by atoms with E-state index >= 15 is 0 Å². The van der Waals surface area contributed by atoms with E-state index < -0.39 is 0 Å². The first-order valence-electron chi connectivity index (χ1n) is 3.06. The Labute approximate surface area is 69.7 Å². The van der Waals surface area contributed by atoms with Crippen LogP contribution in [0.5, 0.6) is 0 Å². The molecule has 11 heavy (non-hydrogen) atoms. The van der Waals surface area contributed by atoms with Crippen LogP contribution in [0.4, 0.5) is 0 Å². The van der Waals surface area contributed by atoms with Crippen molar-refractivity contribution < 1.29 is 0 Å². The summed E-state index contributed by atoms with van der Waals surface area (Å²) in [7, 11) is 0. The van der Waals surface area contributed by atoms with Gasteiger partial charge in [-0.15, -0.1) is 0 Å². The second-order valence-corrected chi connectivity index (χ2v) is 2.49. The maximum absolute atomic E-state index is 8.62. The fourth-order valence-electron chi connectivity index (χ4n) is 0.837. The molecule has 0 fully saturated rings. The Bertz CT molecular complexity index is 304. The van der Waals surface area contributed by atoms with E-state index in [0.29, 0.717) is 17.0 Å². The van der Waals surface area contributed by atoms with E-state index in [4.69, 9.17) is 16.9 Å². The molecule has 0 aromatic carbocycles. The van der Waals surface area contributed by atoms with Gasteiger partial charge in [-0.3, -0.25) is 0 Å². The maximum Gasteiger partial charge on any atom is 0.222 e. The van der Waals surface area contributed by atoms with Crippen LogP contribution in [0.25, 0.3) is 0 Å². The quantitative estimate of drug-likeness (QED) is 0.552. The number of rotatable bonds is 0. The highest BCUT2D eigenvalue weighted by molar-refractivity contribution is 6.28. The van der Waals surface area contributed by atoms with Gasteiger partial charge in [0, 0.05) is 0 Å². The molecular formula is C7H6ClN3. The van der Waals surface area contributed by atoms with E-state index in [1.165, 1.54) is 0 Å². The van der Waals surface area contributed by atoms with Crippen LogP contribution >= 0.6 is 11.6 Å². The molecule has 0 saturated carbocycles. The third kappa shape index (κ3) is 1.47. The first-order valence-corrected chi connectivity index (χ1v) is 3.43. The molecule has 1 aromatic heterocycles. The molecule has 0 radical (unpaired) electrons. The number of nitrogens with zero attached hydrogens (tertiary/aromatic N) is 3. The summed E-state index contributed by atoms with van der Waals surface area (Å²) < 4.78 is 0. The largest absolute Gasteiger partial charge is 0.222 e. The molecule has 56 valence electrons. The number of aromatic nitrogens is 2. The van der Waals surface area contributed by atoms with Crippen molar-refractivity contribution in [2.24, 2.45) is 0 Å². The molecular weight excluding hydrogens is 162 g/mol. The van der Waals surface area contributed by atoms with Gasteiger partial charge in [0.05, 0.1) is 17.0 Å². The smallest absolute Gasteiger partial charge is 0.222 e. The fraction of sp³-hybridized carbons (Fsp3) is 0.286. The zero-order chi connectivity index (χ0) is 8.43. The van der Waals surface area contributed by atoms with E-state index in [1.807, 2.05) is 6.07 Å². The molecule has 0 saturated heterocycles. The summed E-state index contributed by atoms with van der Waals surface area (Å²) in [5.41, 5.74) is 1.77. The molecule has 0 bridgehead atoms. The van der Waals surface area contributed by atoms with Crippen molar-refractivity contribution in [3.8, 4) is 6.07 Å². The SMILES string of the molecule is Cc1nc(Cl)nc(C)c1C#N. The molecule has 4 heteroatoms. The lowest BCUT2D eigenvalue weighted by molar-refractivity contribution is 1.04. The van der Waals surface area contributed by atoms with Gasteiger partial charge in [-0.25, -0.2) is 9.97 Å². The Morgan fingerprint density at radius 2 is 1.73 bits per heavy atom. The van der Waals surface area contributed by atoms with Crippen LogP contribution in [0, 0.1) is 25.2 Å². The average molecular weight is 168 g/mol. The summed E-state index contributed by atoms with van der Waals surface area (Å²) in [6.07, 6.45) is 0. The van der Waals surface area contributed by atoms with Crippen LogP contribution < -0.4 is 0 Å². The van der Waals surface area contributed by atoms with Crippen LogP contribution in [-0.4, -0.2) is 9.97 Å². The molecule has 0 amide bonds. The number of aryl methyl sites for hydroxylation is 2. The molecule has 0 unspecified atom stereocenters. The first-order chi connectivity index (χ1) is 5.15. The van der Waals surface area contributed by atoms with Crippen molar-refractivity contribution in [3.63, 3.8) is 0 Å². The number of hydrogen-bond acceptors (Lipinski definition) is 3. The Morgan fingerprint density at radius 1 is 1.27 bits per heavy atom. The average Bonchev–Trinajstić information content (AvgIpc) is 1.85. The van der Waals surface area contributed by atoms with Gasteiger partial charge >= 0.3 is 0 Å². The highest BCUT2D eigenvalue weighted by Gasteiger charge is 2.04. The number of nitriles is 1. The monoisotopic (exact) mass is 167 g/mol. The molecule has 3 nitrogen and oxygen atoms in total. The van der Waals surface area contributed by atoms with Gasteiger partial charge in [-0.1, -0.05) is 0 Å². The minimum absolute atomic E-state index is 0.194. The summed E-state index contributed by atoms with van der Waals surface area (Å²) in [5, 5.41) is 8.81. The number of halogens is 1. The van der Waals surface area contributed by atoms with E-state index in [-0.39, 0.29) is 5.28 Å². The topological polar surface area (TPSA) is 49.6 Å². The van der Waals surface area contributed by atoms with Crippen molar-refractivity contribution in [3.05, 3.63) is 22.2 Å². The molecule has 1 aromatic rings. The van der Waals surface area contributed by atoms with Crippen LogP contribution in [0.3, 0.4) is 0 Å². The van der Waals surface area contributed by atoms with Crippen LogP contribution in [0.15, 0.2) is 0 Å². The summed E-state index contributed by atoms with van der Waals surface area (Å²) >= 11 is 5.55. The normalized spacial score (nSPS) is 9.27. The predicted octanol–water partition coefficient (Wildman–Crippen LogP) is 1.62. The van der Waals surface area contributed by atoms with E-state index in [0.717, 1.165) is 0 Å². The second kappa shape index (κ2) is 2.85. The van der Waals surface area contributed by atoms with Crippen molar-refractivity contribution >= 4 is 11.6 Å². The minimum atomic E-state index is 0.194. The van der Waals surface area contributed by atoms with Gasteiger partial charge in [0.25, 0.3) is 0 Å². The Balaban J connectivity index is 3.40. The lowest BCUT2D eigenvalue weighted by Crippen LogP contribution is -1.96. The Morgan fingerprint density at radius 3 is 2.09 bits per heavy atom. The third-order valence-electron chi connectivity index (χ3n) is 1.36. The zero-order valence-corrected chi connectivity index (χ0v) is 6.98. The molecule has 0 aliphatic carbocycles. The van der Waals surface area contributed by atoms with Gasteiger partial charge in [-0.05, 0) is 25.4 Å². The minimum Gasteiger partial charge on any atom is -0.222 e. The summed E-state index contributed by atoms with van der Waals surface area (Å²) in [4.78, 5) is 7.67. The van der Waals surface area contributed by atoms with Gasteiger partial charge in [0.2, 0.25) is 5.28 Å². The van der Waals surface area contributed by atoms with Crippen molar-refractivity contribution in [1.29, 1.82) is 5.26 Å².